The second-order valence-electron chi connectivity index (χ2n) is 8.78. The molecule has 1 N–H and O–H groups in total. The van der Waals surface area contributed by atoms with Crippen molar-refractivity contribution in [3.63, 3.8) is 0 Å². The van der Waals surface area contributed by atoms with Crippen molar-refractivity contribution in [1.29, 1.82) is 0 Å². The molecule has 0 amide bonds. The quantitative estimate of drug-likeness (QED) is 0.371. The molecule has 32 heavy (non-hydrogen) atoms. The van der Waals surface area contributed by atoms with Crippen LogP contribution in [0.25, 0.3) is 0 Å². The molecule has 5 heteroatoms. The van der Waals surface area contributed by atoms with Crippen molar-refractivity contribution in [3.05, 3.63) is 89.0 Å². The fraction of sp³-hybridized carbons (Fsp3) is 0.296. The van der Waals surface area contributed by atoms with E-state index in [9.17, 15) is 4.79 Å². The molecule has 168 valence electrons. The molecule has 0 atom stereocenters. The largest absolute Gasteiger partial charge is 0.489 e. The van der Waals surface area contributed by atoms with Gasteiger partial charge < -0.3 is 14.6 Å². The van der Waals surface area contributed by atoms with Crippen LogP contribution in [0.5, 0.6) is 11.5 Å². The lowest BCUT2D eigenvalue weighted by molar-refractivity contribution is -0.139. The number of hydrogen-bond donors (Lipinski definition) is 1. The molecule has 0 bridgehead atoms. The Bertz CT molecular complexity index is 1030. The molecule has 0 fully saturated rings. The minimum absolute atomic E-state index is 0.155. The monoisotopic (exact) mass is 450 g/mol. The van der Waals surface area contributed by atoms with Gasteiger partial charge in [0.05, 0.1) is 0 Å². The molecule has 0 saturated carbocycles. The van der Waals surface area contributed by atoms with Gasteiger partial charge in [-0.1, -0.05) is 57.2 Å². The maximum Gasteiger partial charge on any atom is 0.341 e. The van der Waals surface area contributed by atoms with Gasteiger partial charge in [0, 0.05) is 10.6 Å². The number of ether oxygens (including phenoxy) is 2. The summed E-state index contributed by atoms with van der Waals surface area (Å²) in [4.78, 5) is 11.8. The fourth-order valence-corrected chi connectivity index (χ4v) is 4.08. The zero-order chi connectivity index (χ0) is 23.1. The van der Waals surface area contributed by atoms with Gasteiger partial charge in [0.2, 0.25) is 0 Å². The smallest absolute Gasteiger partial charge is 0.341 e. The van der Waals surface area contributed by atoms with Crippen molar-refractivity contribution in [1.82, 2.24) is 0 Å². The first-order valence-corrected chi connectivity index (χ1v) is 11.6. The summed E-state index contributed by atoms with van der Waals surface area (Å²) in [5, 5.41) is 8.74. The first kappa shape index (κ1) is 23.7. The van der Waals surface area contributed by atoms with Crippen LogP contribution in [-0.2, 0) is 22.6 Å². The van der Waals surface area contributed by atoms with Crippen LogP contribution in [0.2, 0.25) is 0 Å². The molecule has 0 unspecified atom stereocenters. The van der Waals surface area contributed by atoms with Crippen LogP contribution >= 0.6 is 11.8 Å². The van der Waals surface area contributed by atoms with E-state index in [0.29, 0.717) is 12.4 Å². The summed E-state index contributed by atoms with van der Waals surface area (Å²) in [7, 11) is 0. The molecular weight excluding hydrogens is 420 g/mol. The van der Waals surface area contributed by atoms with E-state index in [1.807, 2.05) is 37.3 Å². The number of benzene rings is 3. The summed E-state index contributed by atoms with van der Waals surface area (Å²) in [5.74, 6) is 1.32. The predicted molar refractivity (Wildman–Crippen MR) is 130 cm³/mol. The highest BCUT2D eigenvalue weighted by atomic mass is 32.2. The van der Waals surface area contributed by atoms with Crippen LogP contribution < -0.4 is 9.47 Å². The van der Waals surface area contributed by atoms with E-state index < -0.39 is 5.97 Å². The van der Waals surface area contributed by atoms with Crippen molar-refractivity contribution >= 4 is 17.7 Å². The lowest BCUT2D eigenvalue weighted by Gasteiger charge is -2.19. The Morgan fingerprint density at radius 2 is 1.56 bits per heavy atom. The van der Waals surface area contributed by atoms with E-state index in [1.165, 1.54) is 11.1 Å². The minimum atomic E-state index is -0.978. The Kier molecular flexibility index (Phi) is 7.86. The van der Waals surface area contributed by atoms with E-state index in [0.717, 1.165) is 27.5 Å². The van der Waals surface area contributed by atoms with E-state index in [1.54, 1.807) is 11.8 Å². The lowest BCUT2D eigenvalue weighted by atomic mass is 9.87. The average molecular weight is 451 g/mol. The molecule has 3 rings (SSSR count). The van der Waals surface area contributed by atoms with Gasteiger partial charge in [0.15, 0.2) is 6.61 Å². The maximum absolute atomic E-state index is 10.7. The Morgan fingerprint density at radius 3 is 2.16 bits per heavy atom. The Hall–Kier alpha value is -2.92. The van der Waals surface area contributed by atoms with Crippen molar-refractivity contribution in [2.24, 2.45) is 0 Å². The van der Waals surface area contributed by atoms with Crippen LogP contribution in [0.15, 0.2) is 71.6 Å². The summed E-state index contributed by atoms with van der Waals surface area (Å²) in [6, 6.07) is 22.6. The number of thioether (sulfide) groups is 1. The second-order valence-corrected chi connectivity index (χ2v) is 9.83. The van der Waals surface area contributed by atoms with E-state index >= 15 is 0 Å². The van der Waals surface area contributed by atoms with Gasteiger partial charge in [-0.05, 0) is 64.9 Å². The number of carboxylic acids is 1. The number of hydrogen-bond acceptors (Lipinski definition) is 4. The predicted octanol–water partition coefficient (Wildman–Crippen LogP) is 6.63. The first-order valence-electron chi connectivity index (χ1n) is 10.6. The zero-order valence-corrected chi connectivity index (χ0v) is 19.9. The maximum atomic E-state index is 10.7. The third-order valence-corrected chi connectivity index (χ3v) is 6.12. The van der Waals surface area contributed by atoms with Crippen LogP contribution in [0.3, 0.4) is 0 Å². The molecular formula is C27H30O4S. The molecule has 0 aliphatic heterocycles. The van der Waals surface area contributed by atoms with Crippen molar-refractivity contribution in [2.45, 2.75) is 50.4 Å². The summed E-state index contributed by atoms with van der Waals surface area (Å²) < 4.78 is 11.2. The van der Waals surface area contributed by atoms with E-state index in [2.05, 4.69) is 57.2 Å². The Balaban J connectivity index is 1.49. The van der Waals surface area contributed by atoms with Gasteiger partial charge >= 0.3 is 5.97 Å². The summed E-state index contributed by atoms with van der Waals surface area (Å²) in [5.41, 5.74) is 4.77. The fourth-order valence-electron chi connectivity index (χ4n) is 3.13. The van der Waals surface area contributed by atoms with Gasteiger partial charge in [0.25, 0.3) is 0 Å². The highest BCUT2D eigenvalue weighted by Crippen LogP contribution is 2.29. The zero-order valence-electron chi connectivity index (χ0n) is 19.1. The van der Waals surface area contributed by atoms with Crippen LogP contribution in [0, 0.1) is 6.92 Å². The molecule has 0 spiro atoms. The number of aryl methyl sites for hydroxylation is 1. The van der Waals surface area contributed by atoms with Crippen LogP contribution in [-0.4, -0.2) is 17.7 Å². The molecule has 0 radical (unpaired) electrons. The third kappa shape index (κ3) is 7.06. The Morgan fingerprint density at radius 1 is 0.906 bits per heavy atom. The normalized spacial score (nSPS) is 11.2. The highest BCUT2D eigenvalue weighted by molar-refractivity contribution is 7.98. The molecule has 0 aliphatic carbocycles. The number of carbonyl (C=O) groups is 1. The van der Waals surface area contributed by atoms with Gasteiger partial charge in [-0.15, -0.1) is 11.8 Å². The molecule has 0 saturated heterocycles. The summed E-state index contributed by atoms with van der Waals surface area (Å²) in [6.45, 7) is 8.78. The standard InChI is InChI=1S/C27H30O4S/c1-19-15-24(13-14-25(19)31-17-26(28)29)32-18-21-7-11-23(12-8-21)30-16-20-5-9-22(10-6-20)27(2,3)4/h5-15H,16-18H2,1-4H3,(H,28,29). The summed E-state index contributed by atoms with van der Waals surface area (Å²) in [6.07, 6.45) is 0. The van der Waals surface area contributed by atoms with Gasteiger partial charge in [0.1, 0.15) is 18.1 Å². The van der Waals surface area contributed by atoms with Gasteiger partial charge in [-0.2, -0.15) is 0 Å². The second kappa shape index (κ2) is 10.6. The topological polar surface area (TPSA) is 55.8 Å². The highest BCUT2D eigenvalue weighted by Gasteiger charge is 2.12. The SMILES string of the molecule is Cc1cc(SCc2ccc(OCc3ccc(C(C)(C)C)cc3)cc2)ccc1OCC(=O)O. The molecule has 4 nitrogen and oxygen atoms in total. The number of carboxylic acid groups (broad SMARTS) is 1. The van der Waals surface area contributed by atoms with E-state index in [-0.39, 0.29) is 12.0 Å². The minimum Gasteiger partial charge on any atom is -0.489 e. The molecule has 0 aliphatic rings. The summed E-state index contributed by atoms with van der Waals surface area (Å²) >= 11 is 1.73. The van der Waals surface area contributed by atoms with Crippen molar-refractivity contribution in [3.8, 4) is 11.5 Å². The first-order chi connectivity index (χ1) is 15.2. The number of aliphatic carboxylic acids is 1. The molecule has 3 aromatic rings. The number of rotatable bonds is 9. The van der Waals surface area contributed by atoms with Crippen LogP contribution in [0.1, 0.15) is 43.0 Å². The molecule has 0 aromatic heterocycles. The molecule has 0 heterocycles. The van der Waals surface area contributed by atoms with Gasteiger partial charge in [-0.3, -0.25) is 0 Å². The van der Waals surface area contributed by atoms with Gasteiger partial charge in [-0.25, -0.2) is 4.79 Å². The molecule has 3 aromatic carbocycles. The van der Waals surface area contributed by atoms with Crippen LogP contribution in [0.4, 0.5) is 0 Å². The third-order valence-electron chi connectivity index (χ3n) is 5.05. The Labute approximate surface area is 194 Å². The van der Waals surface area contributed by atoms with Crippen molar-refractivity contribution in [2.75, 3.05) is 6.61 Å². The van der Waals surface area contributed by atoms with E-state index in [4.69, 9.17) is 14.6 Å². The average Bonchev–Trinajstić information content (AvgIpc) is 2.76. The van der Waals surface area contributed by atoms with Crippen molar-refractivity contribution < 1.29 is 19.4 Å². The lowest BCUT2D eigenvalue weighted by Crippen LogP contribution is -2.10.